The quantitative estimate of drug-likeness (QED) is 0.795. The van der Waals surface area contributed by atoms with Crippen LogP contribution in [-0.2, 0) is 16.0 Å². The van der Waals surface area contributed by atoms with Crippen molar-refractivity contribution in [3.8, 4) is 10.4 Å². The van der Waals surface area contributed by atoms with Gasteiger partial charge in [0.15, 0.2) is 0 Å². The molecule has 0 bridgehead atoms. The number of hydrogen-bond acceptors (Lipinski definition) is 4. The molecule has 0 N–H and O–H groups in total. The molecule has 0 unspecified atom stereocenters. The Balaban J connectivity index is 2.25. The molecule has 0 aliphatic carbocycles. The Morgan fingerprint density at radius 1 is 1.33 bits per heavy atom. The van der Waals surface area contributed by atoms with Gasteiger partial charge in [-0.1, -0.05) is 6.07 Å². The van der Waals surface area contributed by atoms with E-state index in [1.54, 1.807) is 17.4 Å². The molecule has 0 aromatic carbocycles. The van der Waals surface area contributed by atoms with Crippen LogP contribution in [0.25, 0.3) is 10.4 Å². The lowest BCUT2D eigenvalue weighted by atomic mass is 10.3. The first kappa shape index (κ1) is 10.8. The fourth-order valence-electron chi connectivity index (χ4n) is 1.20. The van der Waals surface area contributed by atoms with Gasteiger partial charge in [0.25, 0.3) is 0 Å². The van der Waals surface area contributed by atoms with E-state index in [0.717, 1.165) is 10.4 Å². The number of thiophene rings is 2. The Bertz CT molecular complexity index is 540. The minimum atomic E-state index is -4.42. The van der Waals surface area contributed by atoms with Crippen LogP contribution in [0.15, 0.2) is 29.0 Å². The zero-order chi connectivity index (χ0) is 10.9. The minimum absolute atomic E-state index is 0.525. The van der Waals surface area contributed by atoms with Crippen molar-refractivity contribution in [2.75, 3.05) is 0 Å². The Morgan fingerprint density at radius 2 is 2.13 bits per heavy atom. The smallest absolute Gasteiger partial charge is 0.194 e. The van der Waals surface area contributed by atoms with Gasteiger partial charge in [-0.25, -0.2) is 0 Å². The highest BCUT2D eigenvalue weighted by Gasteiger charge is 2.11. The fraction of sp³-hybridized carbons (Fsp3) is 0.111. The van der Waals surface area contributed by atoms with Gasteiger partial charge >= 0.3 is 10.2 Å². The Labute approximate surface area is 95.2 Å². The molecular formula is C9H7FO2S3. The van der Waals surface area contributed by atoms with E-state index >= 15 is 0 Å². The molecule has 0 saturated carbocycles. The Hall–Kier alpha value is -0.720. The molecule has 0 spiro atoms. The summed E-state index contributed by atoms with van der Waals surface area (Å²) in [6, 6.07) is 5.58. The van der Waals surface area contributed by atoms with Crippen molar-refractivity contribution in [3.05, 3.63) is 33.8 Å². The molecule has 0 saturated heterocycles. The number of hydrogen-bond donors (Lipinski definition) is 0. The maximum atomic E-state index is 12.4. The van der Waals surface area contributed by atoms with Gasteiger partial charge in [-0.05, 0) is 22.9 Å². The number of rotatable bonds is 3. The summed E-state index contributed by atoms with van der Waals surface area (Å²) in [7, 11) is -4.42. The van der Waals surface area contributed by atoms with Crippen LogP contribution in [-0.4, -0.2) is 8.42 Å². The van der Waals surface area contributed by atoms with Gasteiger partial charge in [0, 0.05) is 15.3 Å². The van der Waals surface area contributed by atoms with Crippen LogP contribution in [0.5, 0.6) is 0 Å². The summed E-state index contributed by atoms with van der Waals surface area (Å²) in [6.45, 7) is 0. The second kappa shape index (κ2) is 4.03. The van der Waals surface area contributed by atoms with Crippen LogP contribution in [0.1, 0.15) is 4.88 Å². The predicted molar refractivity (Wildman–Crippen MR) is 61.4 cm³/mol. The third-order valence-corrected chi connectivity index (χ3v) is 4.47. The van der Waals surface area contributed by atoms with Gasteiger partial charge < -0.3 is 0 Å². The molecule has 0 atom stereocenters. The van der Waals surface area contributed by atoms with E-state index in [9.17, 15) is 12.3 Å². The van der Waals surface area contributed by atoms with E-state index in [0.29, 0.717) is 4.88 Å². The molecule has 0 amide bonds. The summed E-state index contributed by atoms with van der Waals surface area (Å²) < 4.78 is 33.3. The standard InChI is InChI=1S/C9H7FO2S3/c10-15(11,12)6-8-4-7(5-14-8)9-2-1-3-13-9/h1-5H,6H2. The molecule has 0 aliphatic heterocycles. The third kappa shape index (κ3) is 2.87. The van der Waals surface area contributed by atoms with E-state index in [4.69, 9.17) is 0 Å². The van der Waals surface area contributed by atoms with Gasteiger partial charge in [-0.15, -0.1) is 26.6 Å². The first-order chi connectivity index (χ1) is 7.04. The van der Waals surface area contributed by atoms with E-state index in [2.05, 4.69) is 0 Å². The zero-order valence-corrected chi connectivity index (χ0v) is 9.96. The largest absolute Gasteiger partial charge is 0.307 e. The van der Waals surface area contributed by atoms with Gasteiger partial charge in [-0.2, -0.15) is 8.42 Å². The van der Waals surface area contributed by atoms with Crippen molar-refractivity contribution in [2.24, 2.45) is 0 Å². The van der Waals surface area contributed by atoms with Crippen molar-refractivity contribution < 1.29 is 12.3 Å². The fourth-order valence-corrected chi connectivity index (χ4v) is 3.77. The van der Waals surface area contributed by atoms with Crippen molar-refractivity contribution in [3.63, 3.8) is 0 Å². The molecule has 6 heteroatoms. The summed E-state index contributed by atoms with van der Waals surface area (Å²) >= 11 is 2.83. The van der Waals surface area contributed by atoms with E-state index in [-0.39, 0.29) is 0 Å². The van der Waals surface area contributed by atoms with Crippen LogP contribution < -0.4 is 0 Å². The first-order valence-electron chi connectivity index (χ1n) is 4.08. The van der Waals surface area contributed by atoms with Gasteiger partial charge in [-0.3, -0.25) is 0 Å². The predicted octanol–water partition coefficient (Wildman–Crippen LogP) is 3.28. The Kier molecular flexibility index (Phi) is 2.90. The van der Waals surface area contributed by atoms with E-state index < -0.39 is 16.0 Å². The molecule has 80 valence electrons. The molecule has 0 radical (unpaired) electrons. The highest BCUT2D eigenvalue weighted by Crippen LogP contribution is 2.30. The van der Waals surface area contributed by atoms with Crippen LogP contribution in [0.2, 0.25) is 0 Å². The van der Waals surface area contributed by atoms with Crippen molar-refractivity contribution in [2.45, 2.75) is 5.75 Å². The van der Waals surface area contributed by atoms with E-state index in [1.165, 1.54) is 11.3 Å². The molecule has 0 fully saturated rings. The maximum absolute atomic E-state index is 12.4. The summed E-state index contributed by atoms with van der Waals surface area (Å²) in [5, 5.41) is 3.78. The molecule has 0 aliphatic rings. The van der Waals surface area contributed by atoms with Crippen LogP contribution >= 0.6 is 22.7 Å². The monoisotopic (exact) mass is 262 g/mol. The Morgan fingerprint density at radius 3 is 2.73 bits per heavy atom. The highest BCUT2D eigenvalue weighted by atomic mass is 32.3. The average Bonchev–Trinajstić information content (AvgIpc) is 2.68. The first-order valence-corrected chi connectivity index (χ1v) is 7.39. The third-order valence-electron chi connectivity index (χ3n) is 1.77. The number of halogens is 1. The lowest BCUT2D eigenvalue weighted by Crippen LogP contribution is -1.92. The maximum Gasteiger partial charge on any atom is 0.307 e. The summed E-state index contributed by atoms with van der Waals surface area (Å²) in [5.74, 6) is -0.525. The van der Waals surface area contributed by atoms with Crippen molar-refractivity contribution >= 4 is 32.9 Å². The lowest BCUT2D eigenvalue weighted by molar-refractivity contribution is 0.551. The normalized spacial score (nSPS) is 11.8. The second-order valence-corrected chi connectivity index (χ2v) is 6.27. The SMILES string of the molecule is O=S(=O)(F)Cc1cc(-c2cccs2)cs1. The molecule has 2 aromatic heterocycles. The highest BCUT2D eigenvalue weighted by molar-refractivity contribution is 7.85. The molecule has 2 rings (SSSR count). The van der Waals surface area contributed by atoms with Gasteiger partial charge in [0.1, 0.15) is 5.75 Å². The lowest BCUT2D eigenvalue weighted by Gasteiger charge is -1.89. The molecule has 2 heterocycles. The van der Waals surface area contributed by atoms with Gasteiger partial charge in [0.05, 0.1) is 0 Å². The van der Waals surface area contributed by atoms with Crippen LogP contribution in [0.3, 0.4) is 0 Å². The summed E-state index contributed by atoms with van der Waals surface area (Å²) in [5.41, 5.74) is 0.952. The van der Waals surface area contributed by atoms with Crippen molar-refractivity contribution in [1.29, 1.82) is 0 Å². The molecule has 2 nitrogen and oxygen atoms in total. The molecular weight excluding hydrogens is 255 g/mol. The minimum Gasteiger partial charge on any atom is -0.194 e. The molecule has 15 heavy (non-hydrogen) atoms. The van der Waals surface area contributed by atoms with Crippen molar-refractivity contribution in [1.82, 2.24) is 0 Å². The van der Waals surface area contributed by atoms with Crippen LogP contribution in [0.4, 0.5) is 3.89 Å². The van der Waals surface area contributed by atoms with Crippen LogP contribution in [0, 0.1) is 0 Å². The zero-order valence-electron chi connectivity index (χ0n) is 7.51. The average molecular weight is 262 g/mol. The molecule has 2 aromatic rings. The topological polar surface area (TPSA) is 34.1 Å². The summed E-state index contributed by atoms with van der Waals surface area (Å²) in [6.07, 6.45) is 0. The van der Waals surface area contributed by atoms with E-state index in [1.807, 2.05) is 22.9 Å². The summed E-state index contributed by atoms with van der Waals surface area (Å²) in [4.78, 5) is 1.59. The van der Waals surface area contributed by atoms with Gasteiger partial charge in [0.2, 0.25) is 0 Å². The second-order valence-electron chi connectivity index (χ2n) is 2.96.